The summed E-state index contributed by atoms with van der Waals surface area (Å²) in [6.07, 6.45) is 1.60. The van der Waals surface area contributed by atoms with E-state index in [0.29, 0.717) is 35.9 Å². The van der Waals surface area contributed by atoms with Gasteiger partial charge in [-0.05, 0) is 44.4 Å². The van der Waals surface area contributed by atoms with E-state index in [2.05, 4.69) is 0 Å². The van der Waals surface area contributed by atoms with Gasteiger partial charge in [-0.1, -0.05) is 29.3 Å². The summed E-state index contributed by atoms with van der Waals surface area (Å²) >= 11 is 11.9. The van der Waals surface area contributed by atoms with Gasteiger partial charge in [-0.3, -0.25) is 4.79 Å². The topological polar surface area (TPSA) is 40.5 Å². The number of hydrogen-bond donors (Lipinski definition) is 1. The average Bonchev–Trinajstić information content (AvgIpc) is 2.37. The van der Waals surface area contributed by atoms with Crippen molar-refractivity contribution in [2.75, 3.05) is 13.2 Å². The Kier molecular flexibility index (Phi) is 7.35. The summed E-state index contributed by atoms with van der Waals surface area (Å²) in [6, 6.07) is 5.45. The third-order valence-electron chi connectivity index (χ3n) is 3.12. The highest BCUT2D eigenvalue weighted by atomic mass is 35.5. The fourth-order valence-electron chi connectivity index (χ4n) is 2.02. The lowest BCUT2D eigenvalue weighted by Gasteiger charge is -2.26. The zero-order valence-electron chi connectivity index (χ0n) is 11.9. The zero-order valence-corrected chi connectivity index (χ0v) is 13.4. The first-order valence-electron chi connectivity index (χ1n) is 6.80. The normalized spacial score (nSPS) is 10.9. The molecule has 0 aliphatic rings. The van der Waals surface area contributed by atoms with Crippen LogP contribution in [0.2, 0.25) is 10.0 Å². The number of amides is 1. The summed E-state index contributed by atoms with van der Waals surface area (Å²) in [4.78, 5) is 14.0. The van der Waals surface area contributed by atoms with E-state index in [1.807, 2.05) is 19.9 Å². The molecule has 0 unspecified atom stereocenters. The van der Waals surface area contributed by atoms with Crippen LogP contribution in [0.1, 0.15) is 32.3 Å². The van der Waals surface area contributed by atoms with Gasteiger partial charge in [-0.15, -0.1) is 0 Å². The first-order chi connectivity index (χ1) is 9.45. The van der Waals surface area contributed by atoms with Gasteiger partial charge in [0.15, 0.2) is 0 Å². The minimum Gasteiger partial charge on any atom is -0.396 e. The number of carbonyl (C=O) groups excluding carboxylic acids is 1. The number of benzene rings is 1. The van der Waals surface area contributed by atoms with Gasteiger partial charge in [0.25, 0.3) is 0 Å². The molecule has 1 aromatic rings. The highest BCUT2D eigenvalue weighted by molar-refractivity contribution is 6.35. The van der Waals surface area contributed by atoms with Gasteiger partial charge < -0.3 is 10.0 Å². The van der Waals surface area contributed by atoms with Crippen molar-refractivity contribution >= 4 is 29.1 Å². The van der Waals surface area contributed by atoms with Crippen molar-refractivity contribution in [2.45, 2.75) is 39.2 Å². The monoisotopic (exact) mass is 317 g/mol. The second kappa shape index (κ2) is 8.50. The summed E-state index contributed by atoms with van der Waals surface area (Å²) in [5, 5.41) is 10.1. The maximum absolute atomic E-state index is 12.2. The Morgan fingerprint density at radius 2 is 2.05 bits per heavy atom. The first-order valence-corrected chi connectivity index (χ1v) is 7.55. The van der Waals surface area contributed by atoms with Crippen molar-refractivity contribution in [3.63, 3.8) is 0 Å². The number of halogens is 2. The van der Waals surface area contributed by atoms with Gasteiger partial charge in [0.05, 0.1) is 0 Å². The number of hydrogen-bond acceptors (Lipinski definition) is 2. The molecule has 1 aromatic carbocycles. The fraction of sp³-hybridized carbons (Fsp3) is 0.533. The van der Waals surface area contributed by atoms with Crippen molar-refractivity contribution in [1.29, 1.82) is 0 Å². The molecule has 0 radical (unpaired) electrons. The molecular weight excluding hydrogens is 297 g/mol. The maximum Gasteiger partial charge on any atom is 0.223 e. The molecule has 0 heterocycles. The van der Waals surface area contributed by atoms with Gasteiger partial charge in [-0.25, -0.2) is 0 Å². The molecule has 1 amide bonds. The van der Waals surface area contributed by atoms with Crippen LogP contribution >= 0.6 is 23.2 Å². The van der Waals surface area contributed by atoms with Crippen molar-refractivity contribution in [3.8, 4) is 0 Å². The number of nitrogens with zero attached hydrogens (tertiary/aromatic N) is 1. The molecule has 0 saturated carbocycles. The molecule has 1 rings (SSSR count). The van der Waals surface area contributed by atoms with Crippen LogP contribution in [-0.4, -0.2) is 35.1 Å². The minimum atomic E-state index is 0.0828. The lowest BCUT2D eigenvalue weighted by molar-refractivity contribution is -0.133. The van der Waals surface area contributed by atoms with Crippen molar-refractivity contribution in [1.82, 2.24) is 4.90 Å². The molecule has 0 bridgehead atoms. The highest BCUT2D eigenvalue weighted by Gasteiger charge is 2.16. The van der Waals surface area contributed by atoms with E-state index in [-0.39, 0.29) is 18.6 Å². The Morgan fingerprint density at radius 3 is 2.60 bits per heavy atom. The Labute approximate surface area is 130 Å². The Hall–Kier alpha value is -0.770. The van der Waals surface area contributed by atoms with E-state index in [4.69, 9.17) is 28.3 Å². The zero-order chi connectivity index (χ0) is 15.1. The number of aliphatic hydroxyl groups excluding tert-OH is 1. The van der Waals surface area contributed by atoms with Gasteiger partial charge in [-0.2, -0.15) is 0 Å². The maximum atomic E-state index is 12.2. The molecule has 0 spiro atoms. The van der Waals surface area contributed by atoms with E-state index >= 15 is 0 Å². The van der Waals surface area contributed by atoms with Crippen LogP contribution in [0.15, 0.2) is 18.2 Å². The number of carbonyl (C=O) groups is 1. The first kappa shape index (κ1) is 17.3. The summed E-state index contributed by atoms with van der Waals surface area (Å²) in [7, 11) is 0. The SMILES string of the molecule is CC(C)N(CCCO)C(=O)CCc1ccc(Cl)cc1Cl. The third-order valence-corrected chi connectivity index (χ3v) is 3.71. The molecule has 0 fully saturated rings. The van der Waals surface area contributed by atoms with Crippen molar-refractivity contribution < 1.29 is 9.90 Å². The second-order valence-electron chi connectivity index (χ2n) is 4.99. The predicted molar refractivity (Wildman–Crippen MR) is 83.3 cm³/mol. The lowest BCUT2D eigenvalue weighted by atomic mass is 10.1. The molecule has 0 aromatic heterocycles. The van der Waals surface area contributed by atoms with E-state index in [1.165, 1.54) is 0 Å². The molecule has 0 saturated heterocycles. The number of aryl methyl sites for hydroxylation is 1. The van der Waals surface area contributed by atoms with Crippen LogP contribution in [0.5, 0.6) is 0 Å². The molecular formula is C15H21Cl2NO2. The standard InChI is InChI=1S/C15H21Cl2NO2/c1-11(2)18(8-3-9-19)15(20)7-5-12-4-6-13(16)10-14(12)17/h4,6,10-11,19H,3,5,7-9H2,1-2H3. The Morgan fingerprint density at radius 1 is 1.35 bits per heavy atom. The van der Waals surface area contributed by atoms with Crippen molar-refractivity contribution in [3.05, 3.63) is 33.8 Å². The van der Waals surface area contributed by atoms with E-state index < -0.39 is 0 Å². The second-order valence-corrected chi connectivity index (χ2v) is 5.84. The molecule has 0 aliphatic heterocycles. The van der Waals surface area contributed by atoms with Gasteiger partial charge in [0.1, 0.15) is 0 Å². The van der Waals surface area contributed by atoms with Crippen LogP contribution in [0.4, 0.5) is 0 Å². The largest absolute Gasteiger partial charge is 0.396 e. The van der Waals surface area contributed by atoms with Gasteiger partial charge in [0.2, 0.25) is 5.91 Å². The molecule has 1 N–H and O–H groups in total. The third kappa shape index (κ3) is 5.31. The lowest BCUT2D eigenvalue weighted by Crippen LogP contribution is -2.38. The van der Waals surface area contributed by atoms with E-state index in [9.17, 15) is 4.79 Å². The summed E-state index contributed by atoms with van der Waals surface area (Å²) in [6.45, 7) is 4.63. The number of rotatable bonds is 7. The van der Waals surface area contributed by atoms with Crippen LogP contribution in [-0.2, 0) is 11.2 Å². The molecule has 0 aliphatic carbocycles. The van der Waals surface area contributed by atoms with Crippen LogP contribution in [0.3, 0.4) is 0 Å². The Balaban J connectivity index is 2.60. The predicted octanol–water partition coefficient (Wildman–Crippen LogP) is 3.55. The summed E-state index contributed by atoms with van der Waals surface area (Å²) < 4.78 is 0. The highest BCUT2D eigenvalue weighted by Crippen LogP contribution is 2.22. The summed E-state index contributed by atoms with van der Waals surface area (Å²) in [5.74, 6) is 0.0828. The molecule has 20 heavy (non-hydrogen) atoms. The van der Waals surface area contributed by atoms with Crippen LogP contribution in [0.25, 0.3) is 0 Å². The molecule has 0 atom stereocenters. The summed E-state index contributed by atoms with van der Waals surface area (Å²) in [5.41, 5.74) is 0.926. The van der Waals surface area contributed by atoms with E-state index in [1.54, 1.807) is 17.0 Å². The van der Waals surface area contributed by atoms with Gasteiger partial charge in [0, 0.05) is 35.7 Å². The van der Waals surface area contributed by atoms with Crippen LogP contribution in [0, 0.1) is 0 Å². The molecule has 112 valence electrons. The van der Waals surface area contributed by atoms with Gasteiger partial charge >= 0.3 is 0 Å². The average molecular weight is 318 g/mol. The van der Waals surface area contributed by atoms with Crippen LogP contribution < -0.4 is 0 Å². The number of aliphatic hydroxyl groups is 1. The minimum absolute atomic E-state index is 0.0828. The molecule has 3 nitrogen and oxygen atoms in total. The smallest absolute Gasteiger partial charge is 0.223 e. The fourth-order valence-corrected chi connectivity index (χ4v) is 2.52. The Bertz CT molecular complexity index is 449. The quantitative estimate of drug-likeness (QED) is 0.835. The molecule has 5 heteroatoms. The van der Waals surface area contributed by atoms with E-state index in [0.717, 1.165) is 5.56 Å². The van der Waals surface area contributed by atoms with Crippen molar-refractivity contribution in [2.24, 2.45) is 0 Å².